The van der Waals surface area contributed by atoms with E-state index < -0.39 is 5.97 Å². The third kappa shape index (κ3) is 2.33. The molecule has 1 aliphatic carbocycles. The van der Waals surface area contributed by atoms with Gasteiger partial charge in [-0.3, -0.25) is 4.79 Å². The fourth-order valence-electron chi connectivity index (χ4n) is 2.85. The van der Waals surface area contributed by atoms with Crippen molar-refractivity contribution in [3.8, 4) is 0 Å². The van der Waals surface area contributed by atoms with Crippen LogP contribution in [0.5, 0.6) is 0 Å². The van der Waals surface area contributed by atoms with Crippen LogP contribution in [0.2, 0.25) is 0 Å². The quantitative estimate of drug-likeness (QED) is 0.781. The highest BCUT2D eigenvalue weighted by Crippen LogP contribution is 2.45. The summed E-state index contributed by atoms with van der Waals surface area (Å²) >= 11 is 0. The molecule has 2 unspecified atom stereocenters. The summed E-state index contributed by atoms with van der Waals surface area (Å²) in [6.07, 6.45) is 6.60. The Bertz CT molecular complexity index is 245. The Morgan fingerprint density at radius 3 is 2.87 bits per heavy atom. The van der Waals surface area contributed by atoms with Gasteiger partial charge in [0, 0.05) is 6.61 Å². The molecule has 2 rings (SSSR count). The van der Waals surface area contributed by atoms with Gasteiger partial charge in [0.1, 0.15) is 0 Å². The van der Waals surface area contributed by atoms with Crippen molar-refractivity contribution in [3.63, 3.8) is 0 Å². The largest absolute Gasteiger partial charge is 0.481 e. The fourth-order valence-corrected chi connectivity index (χ4v) is 2.85. The maximum Gasteiger partial charge on any atom is 0.306 e. The fraction of sp³-hybridized carbons (Fsp3) is 0.917. The Labute approximate surface area is 90.8 Å². The number of carboxylic acids is 1. The summed E-state index contributed by atoms with van der Waals surface area (Å²) in [5.41, 5.74) is 0.154. The van der Waals surface area contributed by atoms with E-state index in [1.165, 1.54) is 19.3 Å². The maximum atomic E-state index is 10.8. The molecule has 1 spiro atoms. The topological polar surface area (TPSA) is 46.5 Å². The number of rotatable bonds is 3. The molecule has 3 heteroatoms. The molecule has 0 aromatic rings. The Morgan fingerprint density at radius 1 is 1.60 bits per heavy atom. The Morgan fingerprint density at radius 2 is 2.33 bits per heavy atom. The molecule has 0 radical (unpaired) electrons. The van der Waals surface area contributed by atoms with Crippen molar-refractivity contribution in [3.05, 3.63) is 0 Å². The second-order valence-corrected chi connectivity index (χ2v) is 5.22. The van der Waals surface area contributed by atoms with Gasteiger partial charge in [-0.15, -0.1) is 0 Å². The smallest absolute Gasteiger partial charge is 0.306 e. The van der Waals surface area contributed by atoms with Gasteiger partial charge in [-0.1, -0.05) is 6.92 Å². The zero-order valence-corrected chi connectivity index (χ0v) is 9.37. The third-order valence-electron chi connectivity index (χ3n) is 3.97. The minimum absolute atomic E-state index is 0.154. The number of carboxylic acid groups (broad SMARTS) is 1. The average Bonchev–Trinajstić information content (AvgIpc) is 2.15. The van der Waals surface area contributed by atoms with E-state index in [2.05, 4.69) is 0 Å². The van der Waals surface area contributed by atoms with Gasteiger partial charge in [-0.2, -0.15) is 0 Å². The second-order valence-electron chi connectivity index (χ2n) is 5.22. The summed E-state index contributed by atoms with van der Waals surface area (Å²) in [7, 11) is 0. The van der Waals surface area contributed by atoms with Gasteiger partial charge in [-0.05, 0) is 44.4 Å². The molecule has 0 bridgehead atoms. The number of hydrogen-bond acceptors (Lipinski definition) is 2. The minimum atomic E-state index is -0.663. The molecular formula is C12H20O3. The van der Waals surface area contributed by atoms with Crippen molar-refractivity contribution in [2.24, 2.45) is 11.8 Å². The van der Waals surface area contributed by atoms with Gasteiger partial charge >= 0.3 is 5.97 Å². The molecule has 0 amide bonds. The standard InChI is InChI=1S/C12H20O3/c1-9(11(13)14)7-10-3-6-15-12(8-10)4-2-5-12/h9-10H,2-8H2,1H3,(H,13,14). The van der Waals surface area contributed by atoms with Crippen LogP contribution in [0, 0.1) is 11.8 Å². The first-order valence-corrected chi connectivity index (χ1v) is 5.98. The SMILES string of the molecule is CC(CC1CCOC2(CCC2)C1)C(=O)O. The van der Waals surface area contributed by atoms with E-state index in [-0.39, 0.29) is 11.5 Å². The monoisotopic (exact) mass is 212 g/mol. The zero-order valence-electron chi connectivity index (χ0n) is 9.37. The van der Waals surface area contributed by atoms with Crippen molar-refractivity contribution in [1.29, 1.82) is 0 Å². The van der Waals surface area contributed by atoms with E-state index in [0.717, 1.165) is 25.9 Å². The van der Waals surface area contributed by atoms with Gasteiger partial charge in [0.25, 0.3) is 0 Å². The minimum Gasteiger partial charge on any atom is -0.481 e. The van der Waals surface area contributed by atoms with E-state index in [1.54, 1.807) is 0 Å². The summed E-state index contributed by atoms with van der Waals surface area (Å²) in [5.74, 6) is -0.306. The predicted molar refractivity (Wildman–Crippen MR) is 56.7 cm³/mol. The Hall–Kier alpha value is -0.570. The van der Waals surface area contributed by atoms with E-state index in [9.17, 15) is 4.79 Å². The molecule has 1 N–H and O–H groups in total. The van der Waals surface area contributed by atoms with Crippen LogP contribution in [-0.2, 0) is 9.53 Å². The highest BCUT2D eigenvalue weighted by atomic mass is 16.5. The van der Waals surface area contributed by atoms with Crippen LogP contribution in [0.15, 0.2) is 0 Å². The van der Waals surface area contributed by atoms with Crippen molar-refractivity contribution in [2.45, 2.75) is 51.0 Å². The highest BCUT2D eigenvalue weighted by Gasteiger charge is 2.42. The van der Waals surface area contributed by atoms with Crippen LogP contribution in [0.3, 0.4) is 0 Å². The lowest BCUT2D eigenvalue weighted by Gasteiger charge is -2.47. The van der Waals surface area contributed by atoms with E-state index in [0.29, 0.717) is 5.92 Å². The molecule has 1 saturated carbocycles. The number of aliphatic carboxylic acids is 1. The lowest BCUT2D eigenvalue weighted by atomic mass is 9.70. The van der Waals surface area contributed by atoms with E-state index >= 15 is 0 Å². The molecular weight excluding hydrogens is 192 g/mol. The van der Waals surface area contributed by atoms with Gasteiger partial charge in [0.2, 0.25) is 0 Å². The molecule has 1 saturated heterocycles. The van der Waals surface area contributed by atoms with Crippen LogP contribution in [0.4, 0.5) is 0 Å². The molecule has 0 aromatic heterocycles. The highest BCUT2D eigenvalue weighted by molar-refractivity contribution is 5.69. The summed E-state index contributed by atoms with van der Waals surface area (Å²) in [6, 6.07) is 0. The molecule has 1 heterocycles. The third-order valence-corrected chi connectivity index (χ3v) is 3.97. The number of carbonyl (C=O) groups is 1. The Kier molecular flexibility index (Phi) is 3.01. The zero-order chi connectivity index (χ0) is 10.9. The summed E-state index contributed by atoms with van der Waals surface area (Å²) in [5, 5.41) is 8.88. The van der Waals surface area contributed by atoms with Gasteiger partial charge in [0.15, 0.2) is 0 Å². The molecule has 2 atom stereocenters. The van der Waals surface area contributed by atoms with Crippen LogP contribution in [-0.4, -0.2) is 23.3 Å². The molecule has 2 fully saturated rings. The van der Waals surface area contributed by atoms with Crippen molar-refractivity contribution in [1.82, 2.24) is 0 Å². The second kappa shape index (κ2) is 4.12. The number of ether oxygens (including phenoxy) is 1. The maximum absolute atomic E-state index is 10.8. The van der Waals surface area contributed by atoms with Crippen molar-refractivity contribution in [2.75, 3.05) is 6.61 Å². The summed E-state index contributed by atoms with van der Waals surface area (Å²) in [4.78, 5) is 10.8. The van der Waals surface area contributed by atoms with Gasteiger partial charge in [-0.25, -0.2) is 0 Å². The van der Waals surface area contributed by atoms with Crippen LogP contribution < -0.4 is 0 Å². The van der Waals surface area contributed by atoms with E-state index in [4.69, 9.17) is 9.84 Å². The lowest BCUT2D eigenvalue weighted by molar-refractivity contribution is -0.151. The first kappa shape index (κ1) is 10.9. The van der Waals surface area contributed by atoms with E-state index in [1.807, 2.05) is 6.92 Å². The molecule has 15 heavy (non-hydrogen) atoms. The first-order valence-electron chi connectivity index (χ1n) is 5.98. The summed E-state index contributed by atoms with van der Waals surface area (Å²) < 4.78 is 5.83. The van der Waals surface area contributed by atoms with Gasteiger partial charge in [0.05, 0.1) is 11.5 Å². The Balaban J connectivity index is 1.85. The van der Waals surface area contributed by atoms with Crippen molar-refractivity contribution < 1.29 is 14.6 Å². The summed E-state index contributed by atoms with van der Waals surface area (Å²) in [6.45, 7) is 2.64. The first-order chi connectivity index (χ1) is 7.11. The predicted octanol–water partition coefficient (Wildman–Crippen LogP) is 2.45. The van der Waals surface area contributed by atoms with Crippen LogP contribution >= 0.6 is 0 Å². The molecule has 86 valence electrons. The number of hydrogen-bond donors (Lipinski definition) is 1. The van der Waals surface area contributed by atoms with Crippen LogP contribution in [0.25, 0.3) is 0 Å². The molecule has 3 nitrogen and oxygen atoms in total. The van der Waals surface area contributed by atoms with Crippen molar-refractivity contribution >= 4 is 5.97 Å². The average molecular weight is 212 g/mol. The molecule has 0 aromatic carbocycles. The van der Waals surface area contributed by atoms with Crippen LogP contribution in [0.1, 0.15) is 45.4 Å². The molecule has 1 aliphatic heterocycles. The molecule has 2 aliphatic rings. The normalized spacial score (nSPS) is 30.9. The van der Waals surface area contributed by atoms with Gasteiger partial charge < -0.3 is 9.84 Å². The lowest BCUT2D eigenvalue weighted by Crippen LogP contribution is -2.45.